The minimum Gasteiger partial charge on any atom is -0.352 e. The second-order valence-electron chi connectivity index (χ2n) is 6.14. The third-order valence-electron chi connectivity index (χ3n) is 4.02. The highest BCUT2D eigenvalue weighted by molar-refractivity contribution is 6.33. The van der Waals surface area contributed by atoms with E-state index in [4.69, 9.17) is 23.2 Å². The number of alkyl halides is 1. The molecule has 116 valence electrons. The van der Waals surface area contributed by atoms with Gasteiger partial charge in [0.25, 0.3) is 0 Å². The van der Waals surface area contributed by atoms with Crippen molar-refractivity contribution in [2.45, 2.75) is 63.3 Å². The number of hydrogen-bond donors (Lipinski definition) is 1. The van der Waals surface area contributed by atoms with Gasteiger partial charge in [-0.1, -0.05) is 43.0 Å². The highest BCUT2D eigenvalue weighted by atomic mass is 35.5. The molecule has 0 saturated heterocycles. The van der Waals surface area contributed by atoms with Gasteiger partial charge in [0.1, 0.15) is 5.38 Å². The lowest BCUT2D eigenvalue weighted by molar-refractivity contribution is -0.121. The van der Waals surface area contributed by atoms with Crippen LogP contribution in [0.5, 0.6) is 0 Å². The van der Waals surface area contributed by atoms with Crippen molar-refractivity contribution >= 4 is 29.1 Å². The van der Waals surface area contributed by atoms with Gasteiger partial charge in [0.05, 0.1) is 0 Å². The summed E-state index contributed by atoms with van der Waals surface area (Å²) in [5.74, 6) is 0.381. The van der Waals surface area contributed by atoms with Crippen LogP contribution in [0.2, 0.25) is 5.02 Å². The van der Waals surface area contributed by atoms with Crippen LogP contribution in [-0.4, -0.2) is 11.9 Å². The Bertz CT molecular complexity index is 496. The molecule has 0 heterocycles. The van der Waals surface area contributed by atoms with E-state index in [9.17, 15) is 4.79 Å². The van der Waals surface area contributed by atoms with E-state index in [1.807, 2.05) is 32.0 Å². The maximum absolute atomic E-state index is 12.0. The summed E-state index contributed by atoms with van der Waals surface area (Å²) in [6, 6.07) is 5.91. The Labute approximate surface area is 137 Å². The molecule has 1 amide bonds. The van der Waals surface area contributed by atoms with Gasteiger partial charge in [-0.2, -0.15) is 0 Å². The number of amides is 1. The first kappa shape index (κ1) is 16.6. The molecule has 1 aliphatic carbocycles. The van der Waals surface area contributed by atoms with Crippen molar-refractivity contribution < 1.29 is 4.79 Å². The van der Waals surface area contributed by atoms with Crippen LogP contribution < -0.4 is 5.32 Å². The van der Waals surface area contributed by atoms with Crippen molar-refractivity contribution in [3.05, 3.63) is 34.3 Å². The molecule has 0 aliphatic heterocycles. The summed E-state index contributed by atoms with van der Waals surface area (Å²) in [5, 5.41) is 2.87. The zero-order valence-electron chi connectivity index (χ0n) is 12.7. The standard InChI is InChI=1S/C17H23Cl2NO/c1-11(2)20-17(21)16(19)13-8-9-14(15(18)10-13)12-6-4-3-5-7-12/h8-12,16H,3-7H2,1-2H3,(H,20,21). The second-order valence-corrected chi connectivity index (χ2v) is 6.99. The minimum atomic E-state index is -0.690. The third-order valence-corrected chi connectivity index (χ3v) is 4.80. The third kappa shape index (κ3) is 4.37. The van der Waals surface area contributed by atoms with E-state index in [1.165, 1.54) is 37.7 Å². The quantitative estimate of drug-likeness (QED) is 0.757. The normalized spacial score (nSPS) is 17.8. The van der Waals surface area contributed by atoms with Crippen LogP contribution in [0.15, 0.2) is 18.2 Å². The summed E-state index contributed by atoms with van der Waals surface area (Å²) >= 11 is 12.7. The zero-order valence-corrected chi connectivity index (χ0v) is 14.2. The maximum Gasteiger partial charge on any atom is 0.242 e. The molecule has 2 rings (SSSR count). The van der Waals surface area contributed by atoms with Gasteiger partial charge < -0.3 is 5.32 Å². The summed E-state index contributed by atoms with van der Waals surface area (Å²) in [6.07, 6.45) is 6.29. The molecule has 1 atom stereocenters. The molecule has 0 radical (unpaired) electrons. The smallest absolute Gasteiger partial charge is 0.242 e. The van der Waals surface area contributed by atoms with Gasteiger partial charge in [-0.3, -0.25) is 4.79 Å². The molecule has 1 aliphatic rings. The largest absolute Gasteiger partial charge is 0.352 e. The summed E-state index contributed by atoms with van der Waals surface area (Å²) in [6.45, 7) is 3.83. The summed E-state index contributed by atoms with van der Waals surface area (Å²) in [5.41, 5.74) is 1.97. The molecular formula is C17H23Cl2NO. The second kappa shape index (κ2) is 7.51. The molecule has 4 heteroatoms. The molecule has 0 spiro atoms. The van der Waals surface area contributed by atoms with Crippen molar-refractivity contribution in [2.75, 3.05) is 0 Å². The van der Waals surface area contributed by atoms with Crippen molar-refractivity contribution in [1.29, 1.82) is 0 Å². The first-order valence-electron chi connectivity index (χ1n) is 7.73. The summed E-state index contributed by atoms with van der Waals surface area (Å²) in [4.78, 5) is 12.0. The van der Waals surface area contributed by atoms with Crippen LogP contribution in [0.3, 0.4) is 0 Å². The van der Waals surface area contributed by atoms with Crippen LogP contribution in [0.1, 0.15) is 68.4 Å². The maximum atomic E-state index is 12.0. The average Bonchev–Trinajstić information content (AvgIpc) is 2.46. The summed E-state index contributed by atoms with van der Waals surface area (Å²) < 4.78 is 0. The van der Waals surface area contributed by atoms with E-state index in [1.54, 1.807) is 0 Å². The van der Waals surface area contributed by atoms with Gasteiger partial charge in [-0.05, 0) is 49.8 Å². The predicted octanol–water partition coefficient (Wildman–Crippen LogP) is 5.19. The molecule has 2 nitrogen and oxygen atoms in total. The van der Waals surface area contributed by atoms with Crippen molar-refractivity contribution in [3.8, 4) is 0 Å². The SMILES string of the molecule is CC(C)NC(=O)C(Cl)c1ccc(C2CCCCC2)c(Cl)c1. The van der Waals surface area contributed by atoms with Gasteiger partial charge in [-0.25, -0.2) is 0 Å². The van der Waals surface area contributed by atoms with Crippen molar-refractivity contribution in [3.63, 3.8) is 0 Å². The zero-order chi connectivity index (χ0) is 15.4. The Balaban J connectivity index is 2.12. The Morgan fingerprint density at radius 2 is 1.90 bits per heavy atom. The Kier molecular flexibility index (Phi) is 5.95. The van der Waals surface area contributed by atoms with Crippen LogP contribution >= 0.6 is 23.2 Å². The lowest BCUT2D eigenvalue weighted by atomic mass is 9.84. The minimum absolute atomic E-state index is 0.0794. The van der Waals surface area contributed by atoms with E-state index in [-0.39, 0.29) is 11.9 Å². The highest BCUT2D eigenvalue weighted by Gasteiger charge is 2.22. The monoisotopic (exact) mass is 327 g/mol. The fourth-order valence-corrected chi connectivity index (χ4v) is 3.50. The Hall–Kier alpha value is -0.730. The molecule has 1 fully saturated rings. The van der Waals surface area contributed by atoms with Crippen LogP contribution in [-0.2, 0) is 4.79 Å². The fourth-order valence-electron chi connectivity index (χ4n) is 2.95. The molecule has 1 aromatic carbocycles. The Morgan fingerprint density at radius 1 is 1.24 bits per heavy atom. The van der Waals surface area contributed by atoms with Gasteiger partial charge in [0.2, 0.25) is 5.91 Å². The van der Waals surface area contributed by atoms with Gasteiger partial charge in [0, 0.05) is 11.1 Å². The summed E-state index contributed by atoms with van der Waals surface area (Å²) in [7, 11) is 0. The number of benzene rings is 1. The molecule has 0 bridgehead atoms. The highest BCUT2D eigenvalue weighted by Crippen LogP contribution is 2.37. The van der Waals surface area contributed by atoms with Gasteiger partial charge >= 0.3 is 0 Å². The number of hydrogen-bond acceptors (Lipinski definition) is 1. The lowest BCUT2D eigenvalue weighted by Crippen LogP contribution is -2.32. The van der Waals surface area contributed by atoms with Crippen molar-refractivity contribution in [1.82, 2.24) is 5.32 Å². The first-order valence-corrected chi connectivity index (χ1v) is 8.54. The number of rotatable bonds is 4. The Morgan fingerprint density at radius 3 is 2.48 bits per heavy atom. The average molecular weight is 328 g/mol. The van der Waals surface area contributed by atoms with Crippen LogP contribution in [0.25, 0.3) is 0 Å². The van der Waals surface area contributed by atoms with E-state index in [2.05, 4.69) is 5.32 Å². The van der Waals surface area contributed by atoms with E-state index >= 15 is 0 Å². The molecule has 1 N–H and O–H groups in total. The van der Waals surface area contributed by atoms with Gasteiger partial charge in [-0.15, -0.1) is 11.6 Å². The molecule has 21 heavy (non-hydrogen) atoms. The van der Waals surface area contributed by atoms with Gasteiger partial charge in [0.15, 0.2) is 0 Å². The molecule has 1 aromatic rings. The molecule has 0 aromatic heterocycles. The van der Waals surface area contributed by atoms with Crippen molar-refractivity contribution in [2.24, 2.45) is 0 Å². The lowest BCUT2D eigenvalue weighted by Gasteiger charge is -2.23. The topological polar surface area (TPSA) is 29.1 Å². The van der Waals surface area contributed by atoms with Crippen LogP contribution in [0.4, 0.5) is 0 Å². The molecule has 1 unspecified atom stereocenters. The number of halogens is 2. The fraction of sp³-hybridized carbons (Fsp3) is 0.588. The molecule has 1 saturated carbocycles. The predicted molar refractivity (Wildman–Crippen MR) is 89.2 cm³/mol. The number of carbonyl (C=O) groups is 1. The number of nitrogens with one attached hydrogen (secondary N) is 1. The van der Waals surface area contributed by atoms with Crippen LogP contribution in [0, 0.1) is 0 Å². The molecular weight excluding hydrogens is 305 g/mol. The van der Waals surface area contributed by atoms with E-state index in [0.29, 0.717) is 5.92 Å². The van der Waals surface area contributed by atoms with E-state index in [0.717, 1.165) is 10.6 Å². The number of carbonyl (C=O) groups excluding carboxylic acids is 1. The van der Waals surface area contributed by atoms with E-state index < -0.39 is 5.38 Å². The first-order chi connectivity index (χ1) is 9.99.